The van der Waals surface area contributed by atoms with E-state index in [1.54, 1.807) is 10.4 Å². The zero-order valence-corrected chi connectivity index (χ0v) is 19.1. The molecule has 0 amide bonds. The van der Waals surface area contributed by atoms with Crippen molar-refractivity contribution in [3.63, 3.8) is 0 Å². The third-order valence-electron chi connectivity index (χ3n) is 6.86. The van der Waals surface area contributed by atoms with Crippen molar-refractivity contribution in [2.24, 2.45) is 11.3 Å². The lowest BCUT2D eigenvalue weighted by Gasteiger charge is -2.40. The number of hydrogen-bond acceptors (Lipinski definition) is 0. The van der Waals surface area contributed by atoms with Crippen LogP contribution in [-0.2, 0) is 6.42 Å². The molecule has 0 radical (unpaired) electrons. The van der Waals surface area contributed by atoms with Crippen LogP contribution in [0.15, 0.2) is 91.0 Å². The van der Waals surface area contributed by atoms with Crippen molar-refractivity contribution in [2.45, 2.75) is 51.6 Å². The Balaban J connectivity index is 1.82. The van der Waals surface area contributed by atoms with Crippen LogP contribution in [0, 0.1) is 11.3 Å². The highest BCUT2D eigenvalue weighted by Gasteiger charge is 2.52. The summed E-state index contributed by atoms with van der Waals surface area (Å²) in [6, 6.07) is 35.6. The van der Waals surface area contributed by atoms with Gasteiger partial charge in [0.15, 0.2) is 0 Å². The highest BCUT2D eigenvalue weighted by Crippen LogP contribution is 2.50. The van der Waals surface area contributed by atoms with Crippen LogP contribution in [0.1, 0.15) is 39.2 Å². The van der Waals surface area contributed by atoms with Gasteiger partial charge in [0.05, 0.1) is 0 Å². The zero-order chi connectivity index (χ0) is 20.3. The van der Waals surface area contributed by atoms with Crippen molar-refractivity contribution in [2.75, 3.05) is 0 Å². The Labute approximate surface area is 178 Å². The average molecular weight is 399 g/mol. The van der Waals surface area contributed by atoms with Crippen LogP contribution in [0.25, 0.3) is 0 Å². The summed E-state index contributed by atoms with van der Waals surface area (Å²) in [6.07, 6.45) is 3.88. The van der Waals surface area contributed by atoms with Gasteiger partial charge in [0.1, 0.15) is 8.07 Å². The van der Waals surface area contributed by atoms with E-state index >= 15 is 0 Å². The summed E-state index contributed by atoms with van der Waals surface area (Å²) in [5, 5.41) is 3.27. The Morgan fingerprint density at radius 1 is 0.724 bits per heavy atom. The minimum Gasteiger partial charge on any atom is -0.0626 e. The fourth-order valence-corrected chi connectivity index (χ4v) is 12.3. The molecule has 3 aromatic carbocycles. The van der Waals surface area contributed by atoms with Crippen molar-refractivity contribution in [1.29, 1.82) is 0 Å². The number of rotatable bonds is 5. The van der Waals surface area contributed by atoms with Gasteiger partial charge < -0.3 is 0 Å². The molecule has 0 nitrogen and oxygen atoms in total. The normalized spacial score (nSPS) is 21.2. The van der Waals surface area contributed by atoms with E-state index in [9.17, 15) is 0 Å². The molecule has 1 aliphatic heterocycles. The molecule has 0 bridgehead atoms. The third-order valence-corrected chi connectivity index (χ3v) is 12.6. The minimum atomic E-state index is -1.84. The molecule has 1 fully saturated rings. The molecular weight excluding hydrogens is 364 g/mol. The van der Waals surface area contributed by atoms with Crippen LogP contribution in [0.4, 0.5) is 0 Å². The molecule has 0 aliphatic carbocycles. The first kappa shape index (κ1) is 20.2. The molecule has 0 unspecified atom stereocenters. The van der Waals surface area contributed by atoms with E-state index in [0.29, 0.717) is 5.41 Å². The van der Waals surface area contributed by atoms with Gasteiger partial charge in [-0.1, -0.05) is 129 Å². The molecular formula is C28H34Si. The van der Waals surface area contributed by atoms with Crippen molar-refractivity contribution < 1.29 is 0 Å². The fraction of sp³-hybridized carbons (Fsp3) is 0.357. The molecule has 1 heterocycles. The molecule has 2 atom stereocenters. The smallest absolute Gasteiger partial charge is 0.0626 e. The summed E-state index contributed by atoms with van der Waals surface area (Å²) in [5.41, 5.74) is 2.61. The molecule has 1 saturated heterocycles. The minimum absolute atomic E-state index is 0.339. The molecule has 29 heavy (non-hydrogen) atoms. The Morgan fingerprint density at radius 2 is 1.21 bits per heavy atom. The van der Waals surface area contributed by atoms with Gasteiger partial charge in [-0.25, -0.2) is 0 Å². The first-order valence-electron chi connectivity index (χ1n) is 11.1. The maximum absolute atomic E-state index is 2.43. The molecule has 0 saturated carbocycles. The van der Waals surface area contributed by atoms with Gasteiger partial charge in [-0.05, 0) is 41.3 Å². The van der Waals surface area contributed by atoms with E-state index in [1.807, 2.05) is 0 Å². The van der Waals surface area contributed by atoms with E-state index in [0.717, 1.165) is 11.5 Å². The lowest BCUT2D eigenvalue weighted by Crippen LogP contribution is -2.60. The lowest BCUT2D eigenvalue weighted by molar-refractivity contribution is 0.324. The fourth-order valence-electron chi connectivity index (χ4n) is 5.72. The summed E-state index contributed by atoms with van der Waals surface area (Å²) in [7, 11) is -1.84. The molecule has 3 aromatic rings. The van der Waals surface area contributed by atoms with Gasteiger partial charge in [-0.3, -0.25) is 0 Å². The topological polar surface area (TPSA) is 0 Å². The van der Waals surface area contributed by atoms with Crippen LogP contribution in [-0.4, -0.2) is 8.07 Å². The third kappa shape index (κ3) is 4.26. The predicted octanol–water partition coefficient (Wildman–Crippen LogP) is 6.32. The van der Waals surface area contributed by atoms with Gasteiger partial charge in [-0.2, -0.15) is 0 Å². The first-order chi connectivity index (χ1) is 14.0. The van der Waals surface area contributed by atoms with Crippen LogP contribution >= 0.6 is 0 Å². The maximum atomic E-state index is 2.43. The van der Waals surface area contributed by atoms with Gasteiger partial charge >= 0.3 is 0 Å². The van der Waals surface area contributed by atoms with Gasteiger partial charge in [0, 0.05) is 0 Å². The second-order valence-corrected chi connectivity index (χ2v) is 14.4. The highest BCUT2D eigenvalue weighted by molar-refractivity contribution is 7.03. The van der Waals surface area contributed by atoms with E-state index in [1.165, 1.54) is 30.9 Å². The summed E-state index contributed by atoms with van der Waals surface area (Å²) in [5.74, 6) is 0.767. The summed E-state index contributed by atoms with van der Waals surface area (Å²) in [6.45, 7) is 7.29. The van der Waals surface area contributed by atoms with Gasteiger partial charge in [-0.15, -0.1) is 0 Å². The standard InChI is InChI=1S/C28H34Si/c1-28(2,3)22-27-24(21-23-13-7-4-8-14-23)19-20-29(27,25-15-9-5-10-16-25)26-17-11-6-12-18-26/h4-18,24,27H,19-22H2,1-3H3/t24-,27-/m0/s1. The molecule has 0 spiro atoms. The van der Waals surface area contributed by atoms with Crippen molar-refractivity contribution in [3.05, 3.63) is 96.6 Å². The van der Waals surface area contributed by atoms with Crippen LogP contribution < -0.4 is 10.4 Å². The molecule has 0 aromatic heterocycles. The Kier molecular flexibility index (Phi) is 5.78. The quantitative estimate of drug-likeness (QED) is 0.441. The number of benzene rings is 3. The molecule has 150 valence electrons. The van der Waals surface area contributed by atoms with E-state index < -0.39 is 8.07 Å². The largest absolute Gasteiger partial charge is 0.121 e. The Bertz CT molecular complexity index is 854. The first-order valence-corrected chi connectivity index (χ1v) is 13.4. The Morgan fingerprint density at radius 3 is 1.69 bits per heavy atom. The molecule has 0 N–H and O–H groups in total. The second kappa shape index (κ2) is 8.32. The maximum Gasteiger partial charge on any atom is 0.121 e. The number of hydrogen-bond donors (Lipinski definition) is 0. The van der Waals surface area contributed by atoms with E-state index in [-0.39, 0.29) is 0 Å². The van der Waals surface area contributed by atoms with Crippen molar-refractivity contribution in [1.82, 2.24) is 0 Å². The van der Waals surface area contributed by atoms with Crippen LogP contribution in [0.5, 0.6) is 0 Å². The highest BCUT2D eigenvalue weighted by atomic mass is 28.3. The monoisotopic (exact) mass is 398 g/mol. The lowest BCUT2D eigenvalue weighted by atomic mass is 9.83. The SMILES string of the molecule is CC(C)(C)C[C@H]1[C@H](Cc2ccccc2)CC[Si]1(c1ccccc1)c1ccccc1. The van der Waals surface area contributed by atoms with Crippen LogP contribution in [0.3, 0.4) is 0 Å². The summed E-state index contributed by atoms with van der Waals surface area (Å²) in [4.78, 5) is 0. The average Bonchev–Trinajstić information content (AvgIpc) is 3.07. The predicted molar refractivity (Wildman–Crippen MR) is 129 cm³/mol. The zero-order valence-electron chi connectivity index (χ0n) is 18.1. The van der Waals surface area contributed by atoms with Gasteiger partial charge in [0.2, 0.25) is 0 Å². The van der Waals surface area contributed by atoms with E-state index in [4.69, 9.17) is 0 Å². The van der Waals surface area contributed by atoms with E-state index in [2.05, 4.69) is 112 Å². The summed E-state index contributed by atoms with van der Waals surface area (Å²) < 4.78 is 0. The Hall–Kier alpha value is -2.12. The molecule has 1 heteroatoms. The summed E-state index contributed by atoms with van der Waals surface area (Å²) >= 11 is 0. The molecule has 1 aliphatic rings. The van der Waals surface area contributed by atoms with Gasteiger partial charge in [0.25, 0.3) is 0 Å². The van der Waals surface area contributed by atoms with Crippen molar-refractivity contribution in [3.8, 4) is 0 Å². The second-order valence-electron chi connectivity index (χ2n) is 10.1. The van der Waals surface area contributed by atoms with Crippen molar-refractivity contribution >= 4 is 18.4 Å². The van der Waals surface area contributed by atoms with Crippen LogP contribution in [0.2, 0.25) is 11.6 Å². The molecule has 4 rings (SSSR count).